The van der Waals surface area contributed by atoms with Gasteiger partial charge in [0.25, 0.3) is 0 Å². The van der Waals surface area contributed by atoms with Crippen LogP contribution in [0.4, 0.5) is 0 Å². The molecular formula is C13H26N4. The van der Waals surface area contributed by atoms with E-state index < -0.39 is 0 Å². The molecule has 17 heavy (non-hydrogen) atoms. The van der Waals surface area contributed by atoms with E-state index in [0.717, 1.165) is 18.1 Å². The molecule has 0 aromatic rings. The molecule has 3 rings (SSSR count). The molecule has 3 aliphatic rings. The highest BCUT2D eigenvalue weighted by Gasteiger charge is 2.43. The van der Waals surface area contributed by atoms with Crippen LogP contribution in [-0.4, -0.2) is 73.3 Å². The van der Waals surface area contributed by atoms with Crippen molar-refractivity contribution < 1.29 is 0 Å². The van der Waals surface area contributed by atoms with Gasteiger partial charge in [-0.15, -0.1) is 0 Å². The van der Waals surface area contributed by atoms with E-state index in [1.165, 1.54) is 51.9 Å². The maximum absolute atomic E-state index is 3.48. The van der Waals surface area contributed by atoms with Crippen molar-refractivity contribution in [1.29, 1.82) is 0 Å². The van der Waals surface area contributed by atoms with Crippen molar-refractivity contribution in [3.8, 4) is 0 Å². The largest absolute Gasteiger partial charge is 0.317 e. The molecular weight excluding hydrogens is 212 g/mol. The predicted molar refractivity (Wildman–Crippen MR) is 69.8 cm³/mol. The first-order chi connectivity index (χ1) is 8.28. The number of piperazine rings is 1. The lowest BCUT2D eigenvalue weighted by Gasteiger charge is -2.47. The van der Waals surface area contributed by atoms with E-state index in [1.807, 2.05) is 0 Å². The van der Waals surface area contributed by atoms with Crippen molar-refractivity contribution in [3.63, 3.8) is 0 Å². The number of hydrazine groups is 1. The van der Waals surface area contributed by atoms with Gasteiger partial charge in [-0.1, -0.05) is 0 Å². The highest BCUT2D eigenvalue weighted by Crippen LogP contribution is 2.36. The van der Waals surface area contributed by atoms with E-state index in [1.54, 1.807) is 0 Å². The average molecular weight is 238 g/mol. The molecule has 3 aliphatic heterocycles. The van der Waals surface area contributed by atoms with Gasteiger partial charge >= 0.3 is 0 Å². The van der Waals surface area contributed by atoms with Gasteiger partial charge < -0.3 is 10.2 Å². The quantitative estimate of drug-likeness (QED) is 0.750. The van der Waals surface area contributed by atoms with E-state index in [2.05, 4.69) is 34.3 Å². The standard InChI is InChI=1S/C13H26N4/c1-14-11-9-12-3-4-13(10-11)17(12)16-7-5-15(2)6-8-16/h11-14H,3-10H2,1-2H3. The SMILES string of the molecule is CNC1CC2CCC(C1)N2N1CCN(C)CC1. The minimum atomic E-state index is 0.760. The zero-order valence-electron chi connectivity index (χ0n) is 11.2. The number of fused-ring (bicyclic) bond motifs is 2. The Morgan fingerprint density at radius 2 is 1.53 bits per heavy atom. The summed E-state index contributed by atoms with van der Waals surface area (Å²) in [7, 11) is 4.36. The molecule has 3 saturated heterocycles. The Hall–Kier alpha value is -0.160. The summed E-state index contributed by atoms with van der Waals surface area (Å²) in [6.07, 6.45) is 5.52. The zero-order chi connectivity index (χ0) is 11.8. The first-order valence-corrected chi connectivity index (χ1v) is 7.17. The van der Waals surface area contributed by atoms with E-state index in [4.69, 9.17) is 0 Å². The smallest absolute Gasteiger partial charge is 0.0264 e. The van der Waals surface area contributed by atoms with Crippen LogP contribution in [-0.2, 0) is 0 Å². The van der Waals surface area contributed by atoms with Gasteiger partial charge in [0.1, 0.15) is 0 Å². The molecule has 0 spiro atoms. The first-order valence-electron chi connectivity index (χ1n) is 7.17. The molecule has 2 unspecified atom stereocenters. The van der Waals surface area contributed by atoms with Crippen molar-refractivity contribution >= 4 is 0 Å². The summed E-state index contributed by atoms with van der Waals surface area (Å²) in [6.45, 7) is 4.91. The second kappa shape index (κ2) is 4.84. The molecule has 0 saturated carbocycles. The molecule has 0 radical (unpaired) electrons. The molecule has 0 aliphatic carbocycles. The molecule has 0 aromatic carbocycles. The number of nitrogens with zero attached hydrogens (tertiary/aromatic N) is 3. The number of piperidine rings is 1. The summed E-state index contributed by atoms with van der Waals surface area (Å²) in [5.74, 6) is 0. The summed E-state index contributed by atoms with van der Waals surface area (Å²) < 4.78 is 0. The lowest BCUT2D eigenvalue weighted by atomic mass is 9.99. The monoisotopic (exact) mass is 238 g/mol. The molecule has 0 aromatic heterocycles. The summed E-state index contributed by atoms with van der Waals surface area (Å²) in [4.78, 5) is 2.44. The fraction of sp³-hybridized carbons (Fsp3) is 1.00. The maximum Gasteiger partial charge on any atom is 0.0264 e. The second-order valence-corrected chi connectivity index (χ2v) is 5.98. The maximum atomic E-state index is 3.48. The van der Waals surface area contributed by atoms with Gasteiger partial charge in [0, 0.05) is 44.3 Å². The topological polar surface area (TPSA) is 21.8 Å². The number of likely N-dealkylation sites (N-methyl/N-ethyl adjacent to an activating group) is 1. The van der Waals surface area contributed by atoms with E-state index in [0.29, 0.717) is 0 Å². The van der Waals surface area contributed by atoms with Crippen molar-refractivity contribution in [1.82, 2.24) is 20.2 Å². The van der Waals surface area contributed by atoms with Gasteiger partial charge in [-0.2, -0.15) is 0 Å². The Bertz CT molecular complexity index is 248. The van der Waals surface area contributed by atoms with Gasteiger partial charge in [0.2, 0.25) is 0 Å². The lowest BCUT2D eigenvalue weighted by molar-refractivity contribution is -0.109. The lowest BCUT2D eigenvalue weighted by Crippen LogP contribution is -2.60. The molecule has 4 heteroatoms. The predicted octanol–water partition coefficient (Wildman–Crippen LogP) is 0.364. The number of nitrogens with one attached hydrogen (secondary N) is 1. The Labute approximate surface area is 105 Å². The van der Waals surface area contributed by atoms with Crippen LogP contribution < -0.4 is 5.32 Å². The zero-order valence-corrected chi connectivity index (χ0v) is 11.2. The fourth-order valence-corrected chi connectivity index (χ4v) is 3.88. The van der Waals surface area contributed by atoms with E-state index >= 15 is 0 Å². The third-order valence-electron chi connectivity index (χ3n) is 4.91. The van der Waals surface area contributed by atoms with Gasteiger partial charge in [0.15, 0.2) is 0 Å². The Morgan fingerprint density at radius 1 is 0.941 bits per heavy atom. The van der Waals surface area contributed by atoms with Gasteiger partial charge in [0.05, 0.1) is 0 Å². The van der Waals surface area contributed by atoms with Crippen molar-refractivity contribution in [2.45, 2.75) is 43.8 Å². The van der Waals surface area contributed by atoms with Crippen LogP contribution in [0.2, 0.25) is 0 Å². The third kappa shape index (κ3) is 2.24. The third-order valence-corrected chi connectivity index (χ3v) is 4.91. The summed E-state index contributed by atoms with van der Waals surface area (Å²) >= 11 is 0. The average Bonchev–Trinajstić information content (AvgIpc) is 2.61. The molecule has 2 atom stereocenters. The van der Waals surface area contributed by atoms with Crippen LogP contribution in [0.5, 0.6) is 0 Å². The van der Waals surface area contributed by atoms with Crippen molar-refractivity contribution in [2.24, 2.45) is 0 Å². The van der Waals surface area contributed by atoms with Gasteiger partial charge in [-0.05, 0) is 39.8 Å². The first kappa shape index (κ1) is 11.9. The Morgan fingerprint density at radius 3 is 2.06 bits per heavy atom. The van der Waals surface area contributed by atoms with Gasteiger partial charge in [-0.3, -0.25) is 0 Å². The number of rotatable bonds is 2. The van der Waals surface area contributed by atoms with Crippen molar-refractivity contribution in [2.75, 3.05) is 40.3 Å². The van der Waals surface area contributed by atoms with E-state index in [9.17, 15) is 0 Å². The Balaban J connectivity index is 1.65. The van der Waals surface area contributed by atoms with Crippen LogP contribution in [0.25, 0.3) is 0 Å². The van der Waals surface area contributed by atoms with Crippen LogP contribution in [0.1, 0.15) is 25.7 Å². The van der Waals surface area contributed by atoms with Crippen molar-refractivity contribution in [3.05, 3.63) is 0 Å². The molecule has 0 amide bonds. The van der Waals surface area contributed by atoms with Crippen LogP contribution >= 0.6 is 0 Å². The molecule has 98 valence electrons. The highest BCUT2D eigenvalue weighted by atomic mass is 15.7. The minimum Gasteiger partial charge on any atom is -0.317 e. The second-order valence-electron chi connectivity index (χ2n) is 5.98. The van der Waals surface area contributed by atoms with Crippen LogP contribution in [0, 0.1) is 0 Å². The normalized spacial score (nSPS) is 40.9. The van der Waals surface area contributed by atoms with Crippen LogP contribution in [0.15, 0.2) is 0 Å². The fourth-order valence-electron chi connectivity index (χ4n) is 3.88. The van der Waals surface area contributed by atoms with E-state index in [-0.39, 0.29) is 0 Å². The molecule has 1 N–H and O–H groups in total. The summed E-state index contributed by atoms with van der Waals surface area (Å²) in [5, 5.41) is 8.88. The molecule has 3 fully saturated rings. The molecule has 4 nitrogen and oxygen atoms in total. The summed E-state index contributed by atoms with van der Waals surface area (Å²) in [6, 6.07) is 2.39. The summed E-state index contributed by atoms with van der Waals surface area (Å²) in [5.41, 5.74) is 0. The van der Waals surface area contributed by atoms with Gasteiger partial charge in [-0.25, -0.2) is 10.0 Å². The molecule has 2 bridgehead atoms. The highest BCUT2D eigenvalue weighted by molar-refractivity contribution is 4.96. The molecule has 3 heterocycles. The van der Waals surface area contributed by atoms with Crippen LogP contribution in [0.3, 0.4) is 0 Å². The minimum absolute atomic E-state index is 0.760. The number of hydrogen-bond acceptors (Lipinski definition) is 4. The Kier molecular flexibility index (Phi) is 3.39. The number of hydrogen-bond donors (Lipinski definition) is 1.